The van der Waals surface area contributed by atoms with Crippen molar-refractivity contribution in [1.29, 1.82) is 0 Å². The van der Waals surface area contributed by atoms with Gasteiger partial charge < -0.3 is 10.2 Å². The lowest BCUT2D eigenvalue weighted by Crippen LogP contribution is -2.34. The van der Waals surface area contributed by atoms with Crippen molar-refractivity contribution in [2.24, 2.45) is 0 Å². The van der Waals surface area contributed by atoms with Crippen LogP contribution in [0.15, 0.2) is 12.3 Å². The second-order valence-electron chi connectivity index (χ2n) is 4.50. The first kappa shape index (κ1) is 12.8. The second-order valence-corrected chi connectivity index (χ2v) is 4.50. The highest BCUT2D eigenvalue weighted by atomic mass is 16.2. The van der Waals surface area contributed by atoms with Crippen molar-refractivity contribution in [2.45, 2.75) is 13.0 Å². The van der Waals surface area contributed by atoms with Crippen molar-refractivity contribution in [1.82, 2.24) is 19.8 Å². The summed E-state index contributed by atoms with van der Waals surface area (Å²) in [7, 11) is 3.65. The Morgan fingerprint density at radius 1 is 1.44 bits per heavy atom. The number of hydrogen-bond donors (Lipinski definition) is 1. The summed E-state index contributed by atoms with van der Waals surface area (Å²) in [6.07, 6.45) is 2.74. The fourth-order valence-corrected chi connectivity index (χ4v) is 2.02. The van der Waals surface area contributed by atoms with E-state index in [1.165, 1.54) is 0 Å². The van der Waals surface area contributed by atoms with Gasteiger partial charge in [-0.25, -0.2) is 9.97 Å². The van der Waals surface area contributed by atoms with Crippen molar-refractivity contribution in [3.63, 3.8) is 0 Å². The highest BCUT2D eigenvalue weighted by Crippen LogP contribution is 2.08. The van der Waals surface area contributed by atoms with Crippen LogP contribution in [0.1, 0.15) is 12.1 Å². The Hall–Kier alpha value is -1.69. The van der Waals surface area contributed by atoms with E-state index in [0.29, 0.717) is 19.0 Å². The number of amides is 1. The third-order valence-corrected chi connectivity index (χ3v) is 3.07. The van der Waals surface area contributed by atoms with Crippen molar-refractivity contribution in [3.8, 4) is 0 Å². The summed E-state index contributed by atoms with van der Waals surface area (Å²) < 4.78 is 0. The Labute approximate surface area is 107 Å². The first-order chi connectivity index (χ1) is 8.69. The van der Waals surface area contributed by atoms with Gasteiger partial charge in [0.1, 0.15) is 0 Å². The molecule has 0 aromatic carbocycles. The molecule has 0 bridgehead atoms. The van der Waals surface area contributed by atoms with Crippen LogP contribution in [0.2, 0.25) is 0 Å². The molecule has 0 unspecified atom stereocenters. The van der Waals surface area contributed by atoms with Gasteiger partial charge in [0.05, 0.1) is 12.2 Å². The largest absolute Gasteiger partial charge is 0.357 e. The molecule has 1 aliphatic rings. The average Bonchev–Trinajstić information content (AvgIpc) is 2.52. The molecule has 2 heterocycles. The highest BCUT2D eigenvalue weighted by molar-refractivity contribution is 5.78. The average molecular weight is 249 g/mol. The molecule has 0 aliphatic carbocycles. The van der Waals surface area contributed by atoms with Gasteiger partial charge in [-0.2, -0.15) is 0 Å². The van der Waals surface area contributed by atoms with Gasteiger partial charge >= 0.3 is 0 Å². The van der Waals surface area contributed by atoms with Gasteiger partial charge in [-0.1, -0.05) is 0 Å². The second kappa shape index (κ2) is 5.77. The van der Waals surface area contributed by atoms with Gasteiger partial charge in [0.15, 0.2) is 0 Å². The first-order valence-corrected chi connectivity index (χ1v) is 6.15. The lowest BCUT2D eigenvalue weighted by molar-refractivity contribution is -0.130. The van der Waals surface area contributed by atoms with Crippen molar-refractivity contribution in [3.05, 3.63) is 18.0 Å². The van der Waals surface area contributed by atoms with Gasteiger partial charge in [-0.05, 0) is 12.5 Å². The highest BCUT2D eigenvalue weighted by Gasteiger charge is 2.19. The maximum atomic E-state index is 11.8. The minimum absolute atomic E-state index is 0.176. The van der Waals surface area contributed by atoms with Gasteiger partial charge in [0.25, 0.3) is 0 Å². The number of carbonyl (C=O) groups excluding carboxylic acids is 1. The SMILES string of the molecule is CNc1nccc(CN2CCCN(C)C(=O)C2)n1. The Kier molecular flexibility index (Phi) is 4.09. The molecule has 0 saturated carbocycles. The van der Waals surface area contributed by atoms with Crippen LogP contribution >= 0.6 is 0 Å². The topological polar surface area (TPSA) is 61.4 Å². The number of hydrogen-bond acceptors (Lipinski definition) is 5. The van der Waals surface area contributed by atoms with Crippen LogP contribution in [0.5, 0.6) is 0 Å². The van der Waals surface area contributed by atoms with Crippen LogP contribution in [0.4, 0.5) is 5.95 Å². The molecular formula is C12H19N5O. The molecule has 6 heteroatoms. The predicted octanol–water partition coefficient (Wildman–Crippen LogP) is 0.182. The molecule has 0 atom stereocenters. The number of nitrogens with zero attached hydrogens (tertiary/aromatic N) is 4. The number of likely N-dealkylation sites (N-methyl/N-ethyl adjacent to an activating group) is 1. The normalized spacial score (nSPS) is 17.7. The summed E-state index contributed by atoms with van der Waals surface area (Å²) in [6, 6.07) is 1.89. The number of nitrogens with one attached hydrogen (secondary N) is 1. The van der Waals surface area contributed by atoms with E-state index >= 15 is 0 Å². The molecule has 0 spiro atoms. The Bertz CT molecular complexity index is 423. The molecule has 0 radical (unpaired) electrons. The maximum Gasteiger partial charge on any atom is 0.236 e. The summed E-state index contributed by atoms with van der Waals surface area (Å²) >= 11 is 0. The minimum atomic E-state index is 0.176. The van der Waals surface area contributed by atoms with Crippen LogP contribution in [0, 0.1) is 0 Å². The molecule has 1 aromatic heterocycles. The molecule has 6 nitrogen and oxygen atoms in total. The molecule has 1 N–H and O–H groups in total. The molecule has 18 heavy (non-hydrogen) atoms. The number of carbonyl (C=O) groups is 1. The molecule has 98 valence electrons. The van der Waals surface area contributed by atoms with E-state index in [1.807, 2.05) is 13.1 Å². The van der Waals surface area contributed by atoms with Gasteiger partial charge in [0.2, 0.25) is 11.9 Å². The summed E-state index contributed by atoms with van der Waals surface area (Å²) in [5.41, 5.74) is 0.937. The standard InChI is InChI=1S/C12H19N5O/c1-13-12-14-5-4-10(15-12)8-17-7-3-6-16(2)11(18)9-17/h4-5H,3,6-9H2,1-2H3,(H,13,14,15). The Morgan fingerprint density at radius 2 is 2.28 bits per heavy atom. The van der Waals surface area contributed by atoms with Gasteiger partial charge in [-0.3, -0.25) is 9.69 Å². The van der Waals surface area contributed by atoms with Crippen LogP contribution in [-0.2, 0) is 11.3 Å². The molecule has 2 rings (SSSR count). The van der Waals surface area contributed by atoms with Crippen LogP contribution < -0.4 is 5.32 Å². The first-order valence-electron chi connectivity index (χ1n) is 6.15. The number of anilines is 1. The van der Waals surface area contributed by atoms with E-state index in [0.717, 1.165) is 25.2 Å². The minimum Gasteiger partial charge on any atom is -0.357 e. The van der Waals surface area contributed by atoms with Crippen LogP contribution in [-0.4, -0.2) is 59.4 Å². The summed E-state index contributed by atoms with van der Waals surface area (Å²) in [5, 5.41) is 2.92. The Morgan fingerprint density at radius 3 is 3.06 bits per heavy atom. The summed E-state index contributed by atoms with van der Waals surface area (Å²) in [4.78, 5) is 24.2. The quantitative estimate of drug-likeness (QED) is 0.828. The van der Waals surface area contributed by atoms with Crippen LogP contribution in [0.25, 0.3) is 0 Å². The van der Waals surface area contributed by atoms with Crippen molar-refractivity contribution < 1.29 is 4.79 Å². The van der Waals surface area contributed by atoms with Gasteiger partial charge in [-0.15, -0.1) is 0 Å². The molecule has 1 aliphatic heterocycles. The fraction of sp³-hybridized carbons (Fsp3) is 0.583. The zero-order chi connectivity index (χ0) is 13.0. The zero-order valence-electron chi connectivity index (χ0n) is 10.9. The third kappa shape index (κ3) is 3.16. The van der Waals surface area contributed by atoms with E-state index in [9.17, 15) is 4.79 Å². The number of rotatable bonds is 3. The van der Waals surface area contributed by atoms with E-state index in [1.54, 1.807) is 18.1 Å². The molecule has 1 aromatic rings. The van der Waals surface area contributed by atoms with E-state index in [2.05, 4.69) is 20.2 Å². The number of aromatic nitrogens is 2. The summed E-state index contributed by atoms with van der Waals surface area (Å²) in [6.45, 7) is 2.92. The smallest absolute Gasteiger partial charge is 0.236 e. The lowest BCUT2D eigenvalue weighted by atomic mass is 10.3. The molecule has 1 amide bonds. The Balaban J connectivity index is 2.01. The van der Waals surface area contributed by atoms with Crippen molar-refractivity contribution >= 4 is 11.9 Å². The van der Waals surface area contributed by atoms with E-state index in [-0.39, 0.29) is 5.91 Å². The summed E-state index contributed by atoms with van der Waals surface area (Å²) in [5.74, 6) is 0.793. The third-order valence-electron chi connectivity index (χ3n) is 3.07. The maximum absolute atomic E-state index is 11.8. The lowest BCUT2D eigenvalue weighted by Gasteiger charge is -2.18. The molecule has 1 saturated heterocycles. The zero-order valence-corrected chi connectivity index (χ0v) is 10.9. The predicted molar refractivity (Wildman–Crippen MR) is 69.1 cm³/mol. The molecule has 1 fully saturated rings. The molecular weight excluding hydrogens is 230 g/mol. The van der Waals surface area contributed by atoms with E-state index < -0.39 is 0 Å². The van der Waals surface area contributed by atoms with Crippen molar-refractivity contribution in [2.75, 3.05) is 39.0 Å². The fourth-order valence-electron chi connectivity index (χ4n) is 2.02. The van der Waals surface area contributed by atoms with E-state index in [4.69, 9.17) is 0 Å². The van der Waals surface area contributed by atoms with Crippen LogP contribution in [0.3, 0.4) is 0 Å². The van der Waals surface area contributed by atoms with Gasteiger partial charge in [0, 0.05) is 39.9 Å². The monoisotopic (exact) mass is 249 g/mol.